The van der Waals surface area contributed by atoms with E-state index in [1.807, 2.05) is 25.3 Å². The summed E-state index contributed by atoms with van der Waals surface area (Å²) in [6.45, 7) is 4.35. The van der Waals surface area contributed by atoms with E-state index in [-0.39, 0.29) is 18.8 Å². The minimum absolute atomic E-state index is 0.00735. The van der Waals surface area contributed by atoms with Crippen molar-refractivity contribution in [2.75, 3.05) is 31.2 Å². The monoisotopic (exact) mass is 265 g/mol. The summed E-state index contributed by atoms with van der Waals surface area (Å²) in [5.74, 6) is 0.998. The van der Waals surface area contributed by atoms with Crippen LogP contribution in [0, 0.1) is 0 Å². The predicted molar refractivity (Wildman–Crippen MR) is 75.1 cm³/mol. The highest BCUT2D eigenvalue weighted by Crippen LogP contribution is 2.25. The number of hydrogen-bond donors (Lipinski definition) is 2. The van der Waals surface area contributed by atoms with E-state index >= 15 is 0 Å². The van der Waals surface area contributed by atoms with Crippen LogP contribution in [0.2, 0.25) is 0 Å². The molecule has 1 atom stereocenters. The lowest BCUT2D eigenvalue weighted by atomic mass is 10.1. The third-order valence-electron chi connectivity index (χ3n) is 3.49. The van der Waals surface area contributed by atoms with Gasteiger partial charge < -0.3 is 20.5 Å². The van der Waals surface area contributed by atoms with E-state index in [9.17, 15) is 0 Å². The Bertz CT molecular complexity index is 390. The number of rotatable bonds is 5. The maximum Gasteiger partial charge on any atom is 0.133 e. The van der Waals surface area contributed by atoms with E-state index in [0.717, 1.165) is 37.3 Å². The number of aliphatic hydroxyl groups excluding tert-OH is 1. The molecule has 0 unspecified atom stereocenters. The minimum Gasteiger partial charge on any atom is -0.394 e. The summed E-state index contributed by atoms with van der Waals surface area (Å²) in [5.41, 5.74) is 7.09. The van der Waals surface area contributed by atoms with Crippen LogP contribution in [0.25, 0.3) is 0 Å². The Hall–Kier alpha value is -1.17. The van der Waals surface area contributed by atoms with Gasteiger partial charge in [-0.1, -0.05) is 6.07 Å². The van der Waals surface area contributed by atoms with Crippen LogP contribution in [0.5, 0.6) is 0 Å². The number of aliphatic hydroxyl groups is 1. The first-order chi connectivity index (χ1) is 9.22. The molecule has 0 aliphatic carbocycles. The second-order valence-corrected chi connectivity index (χ2v) is 4.99. The Kier molecular flexibility index (Phi) is 5.13. The van der Waals surface area contributed by atoms with Gasteiger partial charge in [0.05, 0.1) is 19.3 Å². The molecule has 5 nitrogen and oxygen atoms in total. The summed E-state index contributed by atoms with van der Waals surface area (Å²) in [7, 11) is 0. The molecule has 0 spiro atoms. The van der Waals surface area contributed by atoms with Crippen molar-refractivity contribution in [1.82, 2.24) is 4.98 Å². The smallest absolute Gasteiger partial charge is 0.133 e. The molecule has 2 heterocycles. The first kappa shape index (κ1) is 14.2. The summed E-state index contributed by atoms with van der Waals surface area (Å²) in [5, 5.41) is 8.77. The van der Waals surface area contributed by atoms with Gasteiger partial charge in [0, 0.05) is 30.9 Å². The van der Waals surface area contributed by atoms with E-state index in [0.29, 0.717) is 6.61 Å². The normalized spacial score (nSPS) is 18.6. The van der Waals surface area contributed by atoms with E-state index in [1.54, 1.807) is 0 Å². The standard InChI is InChI=1S/C14H23N3O2/c1-11(15)13-3-2-6-16-14(13)17-7-4-12(5-8-17)19-10-9-18/h2-3,6,11-12,18H,4-5,7-10,15H2,1H3/t11-/m1/s1. The predicted octanol–water partition coefficient (Wildman–Crippen LogP) is 1.08. The molecule has 2 rings (SSSR count). The van der Waals surface area contributed by atoms with E-state index in [1.165, 1.54) is 0 Å². The fraction of sp³-hybridized carbons (Fsp3) is 0.643. The van der Waals surface area contributed by atoms with Crippen LogP contribution in [-0.2, 0) is 4.74 Å². The van der Waals surface area contributed by atoms with Crippen LogP contribution in [0.1, 0.15) is 31.4 Å². The molecule has 0 amide bonds. The highest BCUT2D eigenvalue weighted by atomic mass is 16.5. The Balaban J connectivity index is 1.98. The Morgan fingerprint density at radius 1 is 1.53 bits per heavy atom. The lowest BCUT2D eigenvalue weighted by Gasteiger charge is -2.34. The minimum atomic E-state index is -0.00735. The maximum atomic E-state index is 8.77. The van der Waals surface area contributed by atoms with Crippen LogP contribution in [-0.4, -0.2) is 42.5 Å². The first-order valence-corrected chi connectivity index (χ1v) is 6.90. The van der Waals surface area contributed by atoms with E-state index < -0.39 is 0 Å². The lowest BCUT2D eigenvalue weighted by molar-refractivity contribution is 0.0158. The number of aromatic nitrogens is 1. The summed E-state index contributed by atoms with van der Waals surface area (Å²) < 4.78 is 5.57. The van der Waals surface area contributed by atoms with E-state index in [4.69, 9.17) is 15.6 Å². The number of anilines is 1. The van der Waals surface area contributed by atoms with Crippen LogP contribution in [0.15, 0.2) is 18.3 Å². The molecule has 0 aromatic carbocycles. The largest absolute Gasteiger partial charge is 0.394 e. The zero-order valence-electron chi connectivity index (χ0n) is 11.5. The fourth-order valence-electron chi connectivity index (χ4n) is 2.48. The highest BCUT2D eigenvalue weighted by molar-refractivity contribution is 5.48. The Labute approximate surface area is 114 Å². The van der Waals surface area contributed by atoms with Gasteiger partial charge in [-0.2, -0.15) is 0 Å². The van der Waals surface area contributed by atoms with Crippen molar-refractivity contribution >= 4 is 5.82 Å². The zero-order chi connectivity index (χ0) is 13.7. The topological polar surface area (TPSA) is 71.6 Å². The van der Waals surface area contributed by atoms with Gasteiger partial charge in [0.15, 0.2) is 0 Å². The molecule has 0 bridgehead atoms. The zero-order valence-corrected chi connectivity index (χ0v) is 11.5. The molecular formula is C14H23N3O2. The van der Waals surface area contributed by atoms with Gasteiger partial charge in [0.1, 0.15) is 5.82 Å². The van der Waals surface area contributed by atoms with Crippen molar-refractivity contribution in [3.05, 3.63) is 23.9 Å². The number of nitrogens with two attached hydrogens (primary N) is 1. The average molecular weight is 265 g/mol. The lowest BCUT2D eigenvalue weighted by Crippen LogP contribution is -2.38. The Morgan fingerprint density at radius 3 is 2.89 bits per heavy atom. The van der Waals surface area contributed by atoms with Crippen LogP contribution < -0.4 is 10.6 Å². The second kappa shape index (κ2) is 6.84. The van der Waals surface area contributed by atoms with Crippen LogP contribution in [0.4, 0.5) is 5.82 Å². The number of piperidine rings is 1. The molecule has 0 radical (unpaired) electrons. The molecule has 1 aromatic rings. The maximum absolute atomic E-state index is 8.77. The number of pyridine rings is 1. The molecular weight excluding hydrogens is 242 g/mol. The van der Waals surface area contributed by atoms with Crippen molar-refractivity contribution in [3.8, 4) is 0 Å². The second-order valence-electron chi connectivity index (χ2n) is 4.99. The molecule has 1 aliphatic rings. The van der Waals surface area contributed by atoms with E-state index in [2.05, 4.69) is 9.88 Å². The molecule has 106 valence electrons. The van der Waals surface area contributed by atoms with Gasteiger partial charge in [-0.3, -0.25) is 0 Å². The quantitative estimate of drug-likeness (QED) is 0.833. The summed E-state index contributed by atoms with van der Waals surface area (Å²) >= 11 is 0. The van der Waals surface area contributed by atoms with Gasteiger partial charge >= 0.3 is 0 Å². The van der Waals surface area contributed by atoms with Gasteiger partial charge in [-0.05, 0) is 25.8 Å². The summed E-state index contributed by atoms with van der Waals surface area (Å²) in [4.78, 5) is 6.75. The van der Waals surface area contributed by atoms with Gasteiger partial charge in [0.2, 0.25) is 0 Å². The van der Waals surface area contributed by atoms with Crippen LogP contribution in [0.3, 0.4) is 0 Å². The third kappa shape index (κ3) is 3.65. The van der Waals surface area contributed by atoms with Gasteiger partial charge in [-0.25, -0.2) is 4.98 Å². The summed E-state index contributed by atoms with van der Waals surface area (Å²) in [6, 6.07) is 3.97. The first-order valence-electron chi connectivity index (χ1n) is 6.90. The average Bonchev–Trinajstić information content (AvgIpc) is 2.45. The molecule has 1 aliphatic heterocycles. The molecule has 1 fully saturated rings. The molecule has 3 N–H and O–H groups in total. The van der Waals surface area contributed by atoms with Gasteiger partial charge in [-0.15, -0.1) is 0 Å². The van der Waals surface area contributed by atoms with Crippen molar-refractivity contribution in [3.63, 3.8) is 0 Å². The third-order valence-corrected chi connectivity index (χ3v) is 3.49. The SMILES string of the molecule is C[C@@H](N)c1cccnc1N1CCC(OCCO)CC1. The van der Waals surface area contributed by atoms with Gasteiger partial charge in [0.25, 0.3) is 0 Å². The molecule has 19 heavy (non-hydrogen) atoms. The Morgan fingerprint density at radius 2 is 2.26 bits per heavy atom. The molecule has 0 saturated carbocycles. The fourth-order valence-corrected chi connectivity index (χ4v) is 2.48. The molecule has 5 heteroatoms. The van der Waals surface area contributed by atoms with Crippen LogP contribution >= 0.6 is 0 Å². The number of ether oxygens (including phenoxy) is 1. The number of hydrogen-bond acceptors (Lipinski definition) is 5. The highest BCUT2D eigenvalue weighted by Gasteiger charge is 2.22. The summed E-state index contributed by atoms with van der Waals surface area (Å²) in [6.07, 6.45) is 4.00. The number of nitrogens with zero attached hydrogens (tertiary/aromatic N) is 2. The van der Waals surface area contributed by atoms with Crippen molar-refractivity contribution in [2.45, 2.75) is 31.9 Å². The molecule has 1 aromatic heterocycles. The van der Waals surface area contributed by atoms with Crippen molar-refractivity contribution in [2.24, 2.45) is 5.73 Å². The van der Waals surface area contributed by atoms with Crippen molar-refractivity contribution < 1.29 is 9.84 Å². The molecule has 1 saturated heterocycles. The van der Waals surface area contributed by atoms with Crippen molar-refractivity contribution in [1.29, 1.82) is 0 Å².